The van der Waals surface area contributed by atoms with Crippen LogP contribution in [0.3, 0.4) is 0 Å². The molecule has 17 heavy (non-hydrogen) atoms. The average molecular weight is 227 g/mol. The van der Waals surface area contributed by atoms with Gasteiger partial charge in [-0.2, -0.15) is 0 Å². The van der Waals surface area contributed by atoms with E-state index >= 15 is 0 Å². The molecule has 0 aromatic heterocycles. The summed E-state index contributed by atoms with van der Waals surface area (Å²) in [7, 11) is 0. The van der Waals surface area contributed by atoms with Crippen LogP contribution in [0.5, 0.6) is 0 Å². The third-order valence-electron chi connectivity index (χ3n) is 2.74. The van der Waals surface area contributed by atoms with Crippen LogP contribution >= 0.6 is 0 Å². The highest BCUT2D eigenvalue weighted by molar-refractivity contribution is 5.51. The summed E-state index contributed by atoms with van der Waals surface area (Å²) < 4.78 is 5.65. The van der Waals surface area contributed by atoms with E-state index in [0.29, 0.717) is 6.73 Å². The van der Waals surface area contributed by atoms with E-state index in [2.05, 4.69) is 49.2 Å². The normalized spacial score (nSPS) is 18.1. The summed E-state index contributed by atoms with van der Waals surface area (Å²) in [6.07, 6.45) is 3.58. The summed E-state index contributed by atoms with van der Waals surface area (Å²) in [5.74, 6) is 0.837. The van der Waals surface area contributed by atoms with Crippen molar-refractivity contribution < 1.29 is 4.74 Å². The second-order valence-corrected chi connectivity index (χ2v) is 4.18. The zero-order chi connectivity index (χ0) is 12.3. The van der Waals surface area contributed by atoms with Crippen molar-refractivity contribution in [3.05, 3.63) is 66.5 Å². The van der Waals surface area contributed by atoms with Crippen LogP contribution in [0.4, 0.5) is 5.69 Å². The summed E-state index contributed by atoms with van der Waals surface area (Å²) in [5.41, 5.74) is 3.40. The van der Waals surface area contributed by atoms with Gasteiger partial charge in [-0.15, -0.1) is 0 Å². The Labute approximate surface area is 103 Å². The van der Waals surface area contributed by atoms with Crippen molar-refractivity contribution in [2.75, 3.05) is 18.2 Å². The molecule has 0 aliphatic carbocycles. The Morgan fingerprint density at radius 2 is 2.24 bits per heavy atom. The van der Waals surface area contributed by atoms with E-state index in [-0.39, 0.29) is 0 Å². The number of hydrogen-bond acceptors (Lipinski definition) is 2. The zero-order valence-electron chi connectivity index (χ0n) is 10.1. The quantitative estimate of drug-likeness (QED) is 0.767. The minimum atomic E-state index is 0.558. The number of ether oxygens (including phenoxy) is 1. The van der Waals surface area contributed by atoms with E-state index in [1.54, 1.807) is 6.08 Å². The molecule has 1 saturated heterocycles. The molecule has 0 unspecified atom stereocenters. The molecule has 0 spiro atoms. The van der Waals surface area contributed by atoms with Crippen LogP contribution in [0, 0.1) is 6.92 Å². The maximum absolute atomic E-state index is 5.65. The smallest absolute Gasteiger partial charge is 0.161 e. The summed E-state index contributed by atoms with van der Waals surface area (Å²) in [6, 6.07) is 8.39. The van der Waals surface area contributed by atoms with E-state index in [1.807, 2.05) is 6.08 Å². The Morgan fingerprint density at radius 1 is 1.41 bits per heavy atom. The van der Waals surface area contributed by atoms with E-state index < -0.39 is 0 Å². The van der Waals surface area contributed by atoms with Gasteiger partial charge in [0, 0.05) is 17.8 Å². The highest BCUT2D eigenvalue weighted by atomic mass is 16.5. The SMILES string of the molecule is C=C/C=C1/OCN(c2cccc(C)c2)CC1=C. The molecular weight excluding hydrogens is 210 g/mol. The molecule has 0 amide bonds. The molecule has 1 aromatic carbocycles. The van der Waals surface area contributed by atoms with Gasteiger partial charge in [-0.3, -0.25) is 0 Å². The van der Waals surface area contributed by atoms with Gasteiger partial charge in [0.05, 0.1) is 0 Å². The molecule has 0 bridgehead atoms. The van der Waals surface area contributed by atoms with Gasteiger partial charge in [-0.05, 0) is 30.7 Å². The number of aryl methyl sites for hydroxylation is 1. The molecule has 1 aromatic rings. The van der Waals surface area contributed by atoms with E-state index in [1.165, 1.54) is 11.3 Å². The standard InChI is InChI=1S/C15H17NO/c1-4-6-15-13(3)10-16(11-17-15)14-8-5-7-12(2)9-14/h4-9H,1,3,10-11H2,2H3/b15-6+. The molecule has 2 heteroatoms. The second kappa shape index (κ2) is 4.91. The largest absolute Gasteiger partial charge is 0.473 e. The van der Waals surface area contributed by atoms with Crippen LogP contribution in [0.1, 0.15) is 5.56 Å². The fourth-order valence-electron chi connectivity index (χ4n) is 1.87. The molecular formula is C15H17NO. The van der Waals surface area contributed by atoms with Crippen molar-refractivity contribution in [2.45, 2.75) is 6.92 Å². The van der Waals surface area contributed by atoms with Gasteiger partial charge in [0.25, 0.3) is 0 Å². The number of anilines is 1. The molecule has 2 rings (SSSR count). The molecule has 88 valence electrons. The van der Waals surface area contributed by atoms with Gasteiger partial charge in [0.15, 0.2) is 6.73 Å². The third-order valence-corrected chi connectivity index (χ3v) is 2.74. The molecule has 0 atom stereocenters. The van der Waals surface area contributed by atoms with Gasteiger partial charge in [-0.25, -0.2) is 0 Å². The first-order chi connectivity index (χ1) is 8.20. The summed E-state index contributed by atoms with van der Waals surface area (Å²) in [5, 5.41) is 0. The Kier molecular flexibility index (Phi) is 3.33. The Morgan fingerprint density at radius 3 is 2.88 bits per heavy atom. The summed E-state index contributed by atoms with van der Waals surface area (Å²) in [6.45, 7) is 11.1. The Hall–Kier alpha value is -1.96. The molecule has 1 aliphatic heterocycles. The number of allylic oxidation sites excluding steroid dienone is 2. The van der Waals surface area contributed by atoms with E-state index in [4.69, 9.17) is 4.74 Å². The maximum Gasteiger partial charge on any atom is 0.161 e. The number of rotatable bonds is 2. The fraction of sp³-hybridized carbons (Fsp3) is 0.200. The van der Waals surface area contributed by atoms with Crippen molar-refractivity contribution >= 4 is 5.69 Å². The minimum absolute atomic E-state index is 0.558. The first-order valence-electron chi connectivity index (χ1n) is 5.66. The minimum Gasteiger partial charge on any atom is -0.473 e. The predicted molar refractivity (Wildman–Crippen MR) is 71.9 cm³/mol. The average Bonchev–Trinajstić information content (AvgIpc) is 2.32. The van der Waals surface area contributed by atoms with Crippen LogP contribution < -0.4 is 4.90 Å². The van der Waals surface area contributed by atoms with Gasteiger partial charge < -0.3 is 9.64 Å². The first kappa shape index (κ1) is 11.5. The molecule has 0 radical (unpaired) electrons. The topological polar surface area (TPSA) is 12.5 Å². The second-order valence-electron chi connectivity index (χ2n) is 4.18. The maximum atomic E-state index is 5.65. The van der Waals surface area contributed by atoms with E-state index in [9.17, 15) is 0 Å². The molecule has 2 nitrogen and oxygen atoms in total. The monoisotopic (exact) mass is 227 g/mol. The van der Waals surface area contributed by atoms with Crippen LogP contribution in [-0.4, -0.2) is 13.3 Å². The molecule has 0 N–H and O–H groups in total. The van der Waals surface area contributed by atoms with Crippen molar-refractivity contribution in [1.82, 2.24) is 0 Å². The van der Waals surface area contributed by atoms with Crippen LogP contribution in [0.25, 0.3) is 0 Å². The highest BCUT2D eigenvalue weighted by Crippen LogP contribution is 2.24. The first-order valence-corrected chi connectivity index (χ1v) is 5.66. The van der Waals surface area contributed by atoms with Crippen molar-refractivity contribution in [2.24, 2.45) is 0 Å². The third kappa shape index (κ3) is 2.59. The lowest BCUT2D eigenvalue weighted by molar-refractivity contribution is 0.202. The van der Waals surface area contributed by atoms with Crippen LogP contribution in [0.2, 0.25) is 0 Å². The molecule has 1 aliphatic rings. The highest BCUT2D eigenvalue weighted by Gasteiger charge is 2.17. The van der Waals surface area contributed by atoms with Gasteiger partial charge in [-0.1, -0.05) is 31.4 Å². The van der Waals surface area contributed by atoms with Crippen LogP contribution in [-0.2, 0) is 4.74 Å². The molecule has 0 saturated carbocycles. The number of hydrogen-bond donors (Lipinski definition) is 0. The molecule has 1 heterocycles. The Balaban J connectivity index is 2.15. The lowest BCUT2D eigenvalue weighted by atomic mass is 10.1. The number of benzene rings is 1. The van der Waals surface area contributed by atoms with Crippen molar-refractivity contribution in [3.8, 4) is 0 Å². The fourth-order valence-corrected chi connectivity index (χ4v) is 1.87. The Bertz CT molecular complexity index is 474. The van der Waals surface area contributed by atoms with Crippen molar-refractivity contribution in [1.29, 1.82) is 0 Å². The number of nitrogens with zero attached hydrogens (tertiary/aromatic N) is 1. The van der Waals surface area contributed by atoms with Gasteiger partial charge in [0.1, 0.15) is 5.76 Å². The van der Waals surface area contributed by atoms with Crippen molar-refractivity contribution in [3.63, 3.8) is 0 Å². The van der Waals surface area contributed by atoms with Crippen LogP contribution in [0.15, 0.2) is 60.9 Å². The lowest BCUT2D eigenvalue weighted by Gasteiger charge is -2.32. The van der Waals surface area contributed by atoms with Gasteiger partial charge >= 0.3 is 0 Å². The summed E-state index contributed by atoms with van der Waals surface area (Å²) in [4.78, 5) is 2.16. The van der Waals surface area contributed by atoms with Gasteiger partial charge in [0.2, 0.25) is 0 Å². The lowest BCUT2D eigenvalue weighted by Crippen LogP contribution is -2.33. The molecule has 1 fully saturated rings. The zero-order valence-corrected chi connectivity index (χ0v) is 10.1. The van der Waals surface area contributed by atoms with E-state index in [0.717, 1.165) is 17.9 Å². The predicted octanol–water partition coefficient (Wildman–Crippen LogP) is 3.42. The summed E-state index contributed by atoms with van der Waals surface area (Å²) >= 11 is 0.